The highest BCUT2D eigenvalue weighted by Gasteiger charge is 2.21. The minimum atomic E-state index is -0.121. The third-order valence-corrected chi connectivity index (χ3v) is 8.09. The van der Waals surface area contributed by atoms with Crippen LogP contribution in [0.5, 0.6) is 11.5 Å². The summed E-state index contributed by atoms with van der Waals surface area (Å²) in [5.41, 5.74) is 6.84. The Morgan fingerprint density at radius 3 is 1.48 bits per heavy atom. The van der Waals surface area contributed by atoms with Gasteiger partial charge in [0, 0.05) is 55.3 Å². The van der Waals surface area contributed by atoms with Crippen molar-refractivity contribution in [1.82, 2.24) is 9.13 Å². The number of aryl methyl sites for hydroxylation is 2. The Morgan fingerprint density at radius 1 is 0.643 bits per heavy atom. The van der Waals surface area contributed by atoms with Gasteiger partial charge in [0.2, 0.25) is 0 Å². The van der Waals surface area contributed by atoms with Crippen LogP contribution in [-0.2, 0) is 44.9 Å². The third-order valence-electron chi connectivity index (χ3n) is 8.09. The lowest BCUT2D eigenvalue weighted by Gasteiger charge is -2.13. The van der Waals surface area contributed by atoms with E-state index in [1.54, 1.807) is 6.92 Å². The van der Waals surface area contributed by atoms with Crippen molar-refractivity contribution >= 4 is 27.6 Å². The third kappa shape index (κ3) is 5.96. The molecule has 0 unspecified atom stereocenters. The summed E-state index contributed by atoms with van der Waals surface area (Å²) in [5.74, 6) is 1.76. The Bertz CT molecular complexity index is 1700. The fourth-order valence-corrected chi connectivity index (χ4v) is 5.77. The van der Waals surface area contributed by atoms with Gasteiger partial charge in [-0.05, 0) is 66.3 Å². The van der Waals surface area contributed by atoms with Crippen molar-refractivity contribution < 1.29 is 14.3 Å². The van der Waals surface area contributed by atoms with Gasteiger partial charge in [-0.15, -0.1) is 0 Å². The van der Waals surface area contributed by atoms with Crippen LogP contribution in [0.4, 0.5) is 0 Å². The normalized spacial score (nSPS) is 11.4. The molecular formula is C37H36N2O3. The number of aromatic nitrogens is 2. The maximum atomic E-state index is 12.9. The molecule has 6 aromatic rings. The Balaban J connectivity index is 1.19. The van der Waals surface area contributed by atoms with E-state index in [9.17, 15) is 4.79 Å². The number of carbonyl (C=O) groups excluding carboxylic acids is 1. The number of hydrogen-bond donors (Lipinski definition) is 0. The van der Waals surface area contributed by atoms with Crippen LogP contribution >= 0.6 is 0 Å². The summed E-state index contributed by atoms with van der Waals surface area (Å²) >= 11 is 0. The number of Topliss-reactive ketones (excluding diaryl/α,β-unsaturated/α-hetero) is 1. The molecule has 0 saturated carbocycles. The van der Waals surface area contributed by atoms with Gasteiger partial charge in [-0.3, -0.25) is 4.79 Å². The van der Waals surface area contributed by atoms with Crippen LogP contribution in [0.1, 0.15) is 29.2 Å². The van der Waals surface area contributed by atoms with Crippen LogP contribution in [0.3, 0.4) is 0 Å². The Hall–Kier alpha value is -4.77. The molecule has 0 saturated heterocycles. The predicted molar refractivity (Wildman–Crippen MR) is 169 cm³/mol. The molecule has 6 rings (SSSR count). The van der Waals surface area contributed by atoms with Gasteiger partial charge in [-0.25, -0.2) is 0 Å². The van der Waals surface area contributed by atoms with Crippen molar-refractivity contribution in [2.75, 3.05) is 0 Å². The van der Waals surface area contributed by atoms with Crippen molar-refractivity contribution in [2.45, 2.75) is 33.0 Å². The lowest BCUT2D eigenvalue weighted by atomic mass is 9.89. The molecule has 5 heteroatoms. The van der Waals surface area contributed by atoms with Crippen molar-refractivity contribution in [1.29, 1.82) is 0 Å². The number of carbonyl (C=O) groups is 1. The van der Waals surface area contributed by atoms with Gasteiger partial charge in [-0.2, -0.15) is 0 Å². The smallest absolute Gasteiger partial charge is 0.133 e. The zero-order chi connectivity index (χ0) is 29.1. The molecule has 42 heavy (non-hydrogen) atoms. The number of hydrogen-bond acceptors (Lipinski definition) is 3. The summed E-state index contributed by atoms with van der Waals surface area (Å²) in [7, 11) is 4.11. The number of ketones is 1. The first-order valence-electron chi connectivity index (χ1n) is 14.4. The summed E-state index contributed by atoms with van der Waals surface area (Å²) in [4.78, 5) is 12.9. The lowest BCUT2D eigenvalue weighted by Crippen LogP contribution is -2.17. The molecule has 5 nitrogen and oxygen atoms in total. The zero-order valence-corrected chi connectivity index (χ0v) is 24.4. The molecule has 0 aliphatic carbocycles. The van der Waals surface area contributed by atoms with E-state index in [0.29, 0.717) is 26.1 Å². The molecule has 212 valence electrons. The molecular weight excluding hydrogens is 520 g/mol. The Kier molecular flexibility index (Phi) is 7.83. The summed E-state index contributed by atoms with van der Waals surface area (Å²) in [6, 6.07) is 32.8. The minimum Gasteiger partial charge on any atom is -0.489 e. The summed E-state index contributed by atoms with van der Waals surface area (Å²) in [6.45, 7) is 2.77. The number of nitrogens with zero attached hydrogens (tertiary/aromatic N) is 2. The van der Waals surface area contributed by atoms with Gasteiger partial charge in [0.25, 0.3) is 0 Å². The molecule has 0 fully saturated rings. The standard InChI is InChI=1S/C37H36N2O3/c1-26(40)29(18-30-22-38(2)36-20-32(14-16-34(30)36)41-24-27-10-6-4-7-11-27)19-31-23-39(3)37-21-33(15-17-35(31)37)42-25-28-12-8-5-9-13-28/h4-17,20-23,29H,18-19,24-25H2,1-3H3. The van der Waals surface area contributed by atoms with Crippen LogP contribution in [-0.4, -0.2) is 14.9 Å². The van der Waals surface area contributed by atoms with E-state index >= 15 is 0 Å². The second-order valence-corrected chi connectivity index (χ2v) is 11.2. The lowest BCUT2D eigenvalue weighted by molar-refractivity contribution is -0.120. The molecule has 0 aliphatic heterocycles. The van der Waals surface area contributed by atoms with Gasteiger partial charge >= 0.3 is 0 Å². The highest BCUT2D eigenvalue weighted by atomic mass is 16.5. The summed E-state index contributed by atoms with van der Waals surface area (Å²) in [6.07, 6.45) is 5.68. The maximum absolute atomic E-state index is 12.9. The highest BCUT2D eigenvalue weighted by Crippen LogP contribution is 2.31. The molecule has 0 amide bonds. The van der Waals surface area contributed by atoms with E-state index in [1.165, 1.54) is 11.1 Å². The fourth-order valence-electron chi connectivity index (χ4n) is 5.77. The number of ether oxygens (including phenoxy) is 2. The second kappa shape index (κ2) is 12.0. The molecule has 0 radical (unpaired) electrons. The molecule has 0 spiro atoms. The monoisotopic (exact) mass is 556 g/mol. The Morgan fingerprint density at radius 2 is 1.07 bits per heavy atom. The molecule has 0 N–H and O–H groups in total. The molecule has 0 bridgehead atoms. The van der Waals surface area contributed by atoms with Gasteiger partial charge in [0.05, 0.1) is 11.0 Å². The van der Waals surface area contributed by atoms with Crippen molar-refractivity contribution in [3.05, 3.63) is 132 Å². The molecule has 4 aromatic carbocycles. The van der Waals surface area contributed by atoms with E-state index < -0.39 is 0 Å². The van der Waals surface area contributed by atoms with E-state index in [-0.39, 0.29) is 11.7 Å². The van der Waals surface area contributed by atoms with Crippen molar-refractivity contribution in [2.24, 2.45) is 20.0 Å². The van der Waals surface area contributed by atoms with Gasteiger partial charge in [0.1, 0.15) is 30.5 Å². The van der Waals surface area contributed by atoms with Crippen LogP contribution in [0.25, 0.3) is 21.8 Å². The molecule has 2 heterocycles. The van der Waals surface area contributed by atoms with Gasteiger partial charge < -0.3 is 18.6 Å². The number of benzene rings is 4. The van der Waals surface area contributed by atoms with Crippen molar-refractivity contribution in [3.8, 4) is 11.5 Å². The second-order valence-electron chi connectivity index (χ2n) is 11.2. The van der Waals surface area contributed by atoms with Crippen molar-refractivity contribution in [3.63, 3.8) is 0 Å². The quantitative estimate of drug-likeness (QED) is 0.163. The summed E-state index contributed by atoms with van der Waals surface area (Å²) < 4.78 is 16.4. The van der Waals surface area contributed by atoms with E-state index in [2.05, 4.69) is 84.2 Å². The first-order valence-corrected chi connectivity index (χ1v) is 14.4. The predicted octanol–water partition coefficient (Wildman–Crippen LogP) is 7.82. The molecule has 0 atom stereocenters. The Labute approximate surface area is 246 Å². The largest absolute Gasteiger partial charge is 0.489 e. The minimum absolute atomic E-state index is 0.121. The van der Waals surface area contributed by atoms with E-state index in [1.807, 2.05) is 48.5 Å². The zero-order valence-electron chi connectivity index (χ0n) is 24.4. The molecule has 2 aromatic heterocycles. The van der Waals surface area contributed by atoms with Gasteiger partial charge in [-0.1, -0.05) is 60.7 Å². The maximum Gasteiger partial charge on any atom is 0.133 e. The number of rotatable bonds is 11. The topological polar surface area (TPSA) is 45.4 Å². The average molecular weight is 557 g/mol. The first kappa shape index (κ1) is 27.4. The SMILES string of the molecule is CC(=O)C(Cc1cn(C)c2cc(OCc3ccccc3)ccc12)Cc1cn(C)c2cc(OCc3ccccc3)ccc12. The van der Waals surface area contributed by atoms with E-state index in [0.717, 1.165) is 44.4 Å². The number of fused-ring (bicyclic) bond motifs is 2. The summed E-state index contributed by atoms with van der Waals surface area (Å²) in [5, 5.41) is 2.32. The van der Waals surface area contributed by atoms with Crippen LogP contribution < -0.4 is 9.47 Å². The van der Waals surface area contributed by atoms with Crippen LogP contribution in [0.2, 0.25) is 0 Å². The fraction of sp³-hybridized carbons (Fsp3) is 0.216. The van der Waals surface area contributed by atoms with Crippen LogP contribution in [0, 0.1) is 5.92 Å². The van der Waals surface area contributed by atoms with E-state index in [4.69, 9.17) is 9.47 Å². The van der Waals surface area contributed by atoms with Crippen LogP contribution in [0.15, 0.2) is 109 Å². The van der Waals surface area contributed by atoms with Gasteiger partial charge in [0.15, 0.2) is 0 Å². The first-order chi connectivity index (χ1) is 20.4. The highest BCUT2D eigenvalue weighted by molar-refractivity contribution is 5.88. The average Bonchev–Trinajstić information content (AvgIpc) is 3.50. The molecule has 0 aliphatic rings.